The second kappa shape index (κ2) is 10.4. The van der Waals surface area contributed by atoms with Crippen molar-refractivity contribution in [3.8, 4) is 0 Å². The van der Waals surface area contributed by atoms with Crippen molar-refractivity contribution in [2.24, 2.45) is 0 Å². The number of piperazine rings is 1. The van der Waals surface area contributed by atoms with Gasteiger partial charge in [-0.3, -0.25) is 4.79 Å². The monoisotopic (exact) mass is 501 g/mol. The lowest BCUT2D eigenvalue weighted by Gasteiger charge is -2.38. The Morgan fingerprint density at radius 1 is 1.23 bits per heavy atom. The summed E-state index contributed by atoms with van der Waals surface area (Å²) in [5, 5.41) is 13.9. The zero-order valence-electron chi connectivity index (χ0n) is 20.1. The third-order valence-electron chi connectivity index (χ3n) is 7.78. The summed E-state index contributed by atoms with van der Waals surface area (Å²) in [7, 11) is 0. The van der Waals surface area contributed by atoms with E-state index in [1.165, 1.54) is 31.3 Å². The molecule has 2 aromatic rings. The van der Waals surface area contributed by atoms with E-state index in [1.54, 1.807) is 6.07 Å². The Balaban J connectivity index is 1.30. The molecule has 5 rings (SSSR count). The number of aliphatic hydroxyl groups is 1. The molecule has 7 nitrogen and oxygen atoms in total. The number of anilines is 1. The van der Waals surface area contributed by atoms with Crippen LogP contribution in [0.4, 0.5) is 10.2 Å². The Hall–Kier alpha value is -2.29. The molecule has 3 aliphatic rings. The Labute approximate surface area is 210 Å². The predicted molar refractivity (Wildman–Crippen MR) is 133 cm³/mol. The summed E-state index contributed by atoms with van der Waals surface area (Å²) >= 11 is 5.91. The van der Waals surface area contributed by atoms with E-state index in [0.29, 0.717) is 50.7 Å². The average molecular weight is 502 g/mol. The molecule has 188 valence electrons. The lowest BCUT2D eigenvalue weighted by Crippen LogP contribution is -2.51. The van der Waals surface area contributed by atoms with E-state index >= 15 is 0 Å². The first kappa shape index (κ1) is 24.4. The topological polar surface area (TPSA) is 81.6 Å². The van der Waals surface area contributed by atoms with Crippen LogP contribution in [0, 0.1) is 5.82 Å². The minimum Gasteiger partial charge on any atom is -0.387 e. The third kappa shape index (κ3) is 5.01. The van der Waals surface area contributed by atoms with Crippen LogP contribution in [0.2, 0.25) is 5.02 Å². The highest BCUT2D eigenvalue weighted by Crippen LogP contribution is 2.42. The molecule has 0 radical (unpaired) electrons. The molecular formula is C26H33ClFN5O2. The van der Waals surface area contributed by atoms with Crippen LogP contribution in [-0.2, 0) is 4.79 Å². The number of hydrogen-bond acceptors (Lipinski definition) is 6. The first-order chi connectivity index (χ1) is 16.9. The third-order valence-corrected chi connectivity index (χ3v) is 8.09. The number of carbonyl (C=O) groups is 1. The summed E-state index contributed by atoms with van der Waals surface area (Å²) in [5.41, 5.74) is 2.40. The molecule has 1 saturated heterocycles. The van der Waals surface area contributed by atoms with Gasteiger partial charge in [-0.25, -0.2) is 14.4 Å². The number of benzene rings is 1. The minimum atomic E-state index is -0.544. The number of aliphatic hydroxyl groups excluding tert-OH is 1. The Morgan fingerprint density at radius 2 is 1.97 bits per heavy atom. The molecule has 9 heteroatoms. The van der Waals surface area contributed by atoms with Gasteiger partial charge in [-0.15, -0.1) is 0 Å². The highest BCUT2D eigenvalue weighted by molar-refractivity contribution is 6.30. The molecule has 35 heavy (non-hydrogen) atoms. The van der Waals surface area contributed by atoms with Crippen molar-refractivity contribution in [2.75, 3.05) is 37.6 Å². The SMILES string of the molecule is C[C@@H]1C[C@H](O)c2ncnc(N3CCN(C(=O)[C@H](CNC4CCCC4)c4ccc(Cl)c(F)c4)CC3)c21. The standard InChI is InChI=1S/C26H33ClFN5O2/c1-16-12-22(34)24-23(16)25(31-15-30-24)32-8-10-33(11-9-32)26(35)19(14-29-18-4-2-3-5-18)17-6-7-20(27)21(28)13-17/h6-7,13,15-16,18-19,22,29,34H,2-5,8-12,14H2,1H3/t16-,19-,22+/m1/s1. The summed E-state index contributed by atoms with van der Waals surface area (Å²) < 4.78 is 14.3. The molecule has 3 atom stereocenters. The van der Waals surface area contributed by atoms with Crippen molar-refractivity contribution in [1.82, 2.24) is 20.2 Å². The van der Waals surface area contributed by atoms with Gasteiger partial charge >= 0.3 is 0 Å². The molecule has 1 aliphatic heterocycles. The van der Waals surface area contributed by atoms with E-state index in [1.807, 2.05) is 4.90 Å². The first-order valence-electron chi connectivity index (χ1n) is 12.7. The fourth-order valence-electron chi connectivity index (χ4n) is 5.80. The average Bonchev–Trinajstić information content (AvgIpc) is 3.49. The van der Waals surface area contributed by atoms with Gasteiger partial charge in [-0.1, -0.05) is 37.4 Å². The van der Waals surface area contributed by atoms with Gasteiger partial charge in [0, 0.05) is 44.3 Å². The molecule has 0 unspecified atom stereocenters. The van der Waals surface area contributed by atoms with E-state index in [9.17, 15) is 14.3 Å². The number of rotatable bonds is 6. The summed E-state index contributed by atoms with van der Waals surface area (Å²) in [5.74, 6) is 0.106. The van der Waals surface area contributed by atoms with Crippen molar-refractivity contribution in [3.05, 3.63) is 52.2 Å². The van der Waals surface area contributed by atoms with Crippen LogP contribution in [0.15, 0.2) is 24.5 Å². The zero-order chi connectivity index (χ0) is 24.5. The van der Waals surface area contributed by atoms with Crippen LogP contribution in [0.5, 0.6) is 0 Å². The minimum absolute atomic E-state index is 0.00794. The number of hydrogen-bond donors (Lipinski definition) is 2. The molecule has 1 aromatic heterocycles. The van der Waals surface area contributed by atoms with Gasteiger partial charge in [0.2, 0.25) is 5.91 Å². The van der Waals surface area contributed by atoms with Crippen molar-refractivity contribution < 1.29 is 14.3 Å². The van der Waals surface area contributed by atoms with Crippen molar-refractivity contribution in [1.29, 1.82) is 0 Å². The molecule has 2 N–H and O–H groups in total. The fraction of sp³-hybridized carbons (Fsp3) is 0.577. The maximum absolute atomic E-state index is 14.3. The van der Waals surface area contributed by atoms with E-state index in [0.717, 1.165) is 29.9 Å². The van der Waals surface area contributed by atoms with Gasteiger partial charge in [0.15, 0.2) is 0 Å². The smallest absolute Gasteiger partial charge is 0.231 e. The van der Waals surface area contributed by atoms with E-state index in [2.05, 4.69) is 27.1 Å². The van der Waals surface area contributed by atoms with Gasteiger partial charge in [0.25, 0.3) is 0 Å². The Morgan fingerprint density at radius 3 is 2.69 bits per heavy atom. The molecular weight excluding hydrogens is 469 g/mol. The van der Waals surface area contributed by atoms with Crippen LogP contribution in [0.1, 0.15) is 73.8 Å². The first-order valence-corrected chi connectivity index (χ1v) is 13.0. The van der Waals surface area contributed by atoms with Gasteiger partial charge in [0.1, 0.15) is 18.0 Å². The molecule has 0 bridgehead atoms. The van der Waals surface area contributed by atoms with Crippen molar-refractivity contribution in [2.45, 2.75) is 63.0 Å². The van der Waals surface area contributed by atoms with E-state index in [4.69, 9.17) is 11.6 Å². The van der Waals surface area contributed by atoms with Crippen LogP contribution < -0.4 is 10.2 Å². The van der Waals surface area contributed by atoms with E-state index < -0.39 is 17.8 Å². The molecule has 2 aliphatic carbocycles. The molecule has 1 saturated carbocycles. The van der Waals surface area contributed by atoms with Crippen LogP contribution in [-0.4, -0.2) is 64.6 Å². The normalized spacial score (nSPS) is 23.5. The van der Waals surface area contributed by atoms with Gasteiger partial charge in [0.05, 0.1) is 22.7 Å². The predicted octanol–water partition coefficient (Wildman–Crippen LogP) is 3.77. The van der Waals surface area contributed by atoms with Crippen molar-refractivity contribution in [3.63, 3.8) is 0 Å². The largest absolute Gasteiger partial charge is 0.387 e. The Bertz CT molecular complexity index is 1070. The van der Waals surface area contributed by atoms with Gasteiger partial charge in [-0.05, 0) is 42.9 Å². The summed E-state index contributed by atoms with van der Waals surface area (Å²) in [6.45, 7) is 5.00. The van der Waals surface area contributed by atoms with Crippen molar-refractivity contribution >= 4 is 23.3 Å². The van der Waals surface area contributed by atoms with Crippen LogP contribution in [0.25, 0.3) is 0 Å². The molecule has 2 fully saturated rings. The Kier molecular flexibility index (Phi) is 7.23. The maximum Gasteiger partial charge on any atom is 0.231 e. The number of nitrogens with zero attached hydrogens (tertiary/aromatic N) is 4. The highest BCUT2D eigenvalue weighted by Gasteiger charge is 2.35. The summed E-state index contributed by atoms with van der Waals surface area (Å²) in [6.07, 6.45) is 6.28. The number of halogens is 2. The summed E-state index contributed by atoms with van der Waals surface area (Å²) in [4.78, 5) is 26.6. The molecule has 0 spiro atoms. The van der Waals surface area contributed by atoms with Crippen LogP contribution in [0.3, 0.4) is 0 Å². The second-order valence-electron chi connectivity index (χ2n) is 10.1. The van der Waals surface area contributed by atoms with Gasteiger partial charge in [-0.2, -0.15) is 0 Å². The number of carbonyl (C=O) groups excluding carboxylic acids is 1. The molecule has 2 heterocycles. The zero-order valence-corrected chi connectivity index (χ0v) is 20.8. The second-order valence-corrected chi connectivity index (χ2v) is 10.5. The van der Waals surface area contributed by atoms with Crippen LogP contribution >= 0.6 is 11.6 Å². The number of nitrogens with one attached hydrogen (secondary N) is 1. The summed E-state index contributed by atoms with van der Waals surface area (Å²) in [6, 6.07) is 5.10. The number of amides is 1. The highest BCUT2D eigenvalue weighted by atomic mass is 35.5. The van der Waals surface area contributed by atoms with E-state index in [-0.39, 0.29) is 16.8 Å². The number of fused-ring (bicyclic) bond motifs is 1. The quantitative estimate of drug-likeness (QED) is 0.627. The van der Waals surface area contributed by atoms with Gasteiger partial charge < -0.3 is 20.2 Å². The maximum atomic E-state index is 14.3. The number of aromatic nitrogens is 2. The molecule has 1 aromatic carbocycles. The lowest BCUT2D eigenvalue weighted by molar-refractivity contribution is -0.133. The molecule has 1 amide bonds. The lowest BCUT2D eigenvalue weighted by atomic mass is 9.96. The fourth-order valence-corrected chi connectivity index (χ4v) is 5.92.